The van der Waals surface area contributed by atoms with Gasteiger partial charge >= 0.3 is 0 Å². The first kappa shape index (κ1) is 19.4. The van der Waals surface area contributed by atoms with Gasteiger partial charge in [0.25, 0.3) is 5.56 Å². The minimum Gasteiger partial charge on any atom is -0.324 e. The number of fused-ring (bicyclic) bond motifs is 1. The van der Waals surface area contributed by atoms with E-state index in [1.165, 1.54) is 10.9 Å². The second-order valence-corrected chi connectivity index (χ2v) is 8.19. The van der Waals surface area contributed by atoms with Crippen molar-refractivity contribution >= 4 is 45.1 Å². The smallest absolute Gasteiger partial charge is 0.273 e. The Balaban J connectivity index is 1.58. The van der Waals surface area contributed by atoms with E-state index in [1.807, 2.05) is 61.7 Å². The van der Waals surface area contributed by atoms with Gasteiger partial charge in [0.15, 0.2) is 0 Å². The lowest BCUT2D eigenvalue weighted by Gasteiger charge is -2.08. The first-order chi connectivity index (χ1) is 14.0. The Morgan fingerprint density at radius 2 is 2.00 bits per heavy atom. The quantitative estimate of drug-likeness (QED) is 0.488. The van der Waals surface area contributed by atoms with Crippen molar-refractivity contribution in [2.45, 2.75) is 18.4 Å². The number of aromatic nitrogens is 3. The first-order valence-corrected chi connectivity index (χ1v) is 10.9. The van der Waals surface area contributed by atoms with Gasteiger partial charge in [0.2, 0.25) is 5.91 Å². The summed E-state index contributed by atoms with van der Waals surface area (Å²) >= 11 is 2.71. The van der Waals surface area contributed by atoms with E-state index in [0.717, 1.165) is 27.6 Å². The normalized spacial score (nSPS) is 11.0. The van der Waals surface area contributed by atoms with Gasteiger partial charge in [-0.15, -0.1) is 11.8 Å². The highest BCUT2D eigenvalue weighted by atomic mass is 32.2. The lowest BCUT2D eigenvalue weighted by atomic mass is 10.1. The maximum atomic E-state index is 12.8. The van der Waals surface area contributed by atoms with Gasteiger partial charge in [0.1, 0.15) is 22.5 Å². The predicted molar refractivity (Wildman–Crippen MR) is 119 cm³/mol. The molecule has 29 heavy (non-hydrogen) atoms. The fourth-order valence-corrected chi connectivity index (χ4v) is 4.19. The molecule has 146 valence electrons. The molecule has 8 heteroatoms. The summed E-state index contributed by atoms with van der Waals surface area (Å²) in [6, 6.07) is 15.5. The molecule has 0 aliphatic carbocycles. The van der Waals surface area contributed by atoms with Crippen LogP contribution >= 0.6 is 23.3 Å². The van der Waals surface area contributed by atoms with Gasteiger partial charge in [-0.3, -0.25) is 14.2 Å². The molecular formula is C21H18N4O2S2. The SMILES string of the molecule is CSc1cccc(NC(=O)Cn2cnc3c(-c4ccc(C)cc4)nsc3c2=O)c1. The molecule has 2 heterocycles. The molecule has 0 bridgehead atoms. The van der Waals surface area contributed by atoms with Gasteiger partial charge < -0.3 is 5.32 Å². The van der Waals surface area contributed by atoms with E-state index in [4.69, 9.17) is 0 Å². The number of aryl methyl sites for hydroxylation is 1. The molecule has 1 N–H and O–H groups in total. The minimum atomic E-state index is -0.283. The fraction of sp³-hybridized carbons (Fsp3) is 0.143. The van der Waals surface area contributed by atoms with E-state index in [0.29, 0.717) is 21.6 Å². The van der Waals surface area contributed by atoms with Gasteiger partial charge in [-0.05, 0) is 42.9 Å². The van der Waals surface area contributed by atoms with E-state index in [-0.39, 0.29) is 18.0 Å². The summed E-state index contributed by atoms with van der Waals surface area (Å²) in [4.78, 5) is 30.7. The number of thioether (sulfide) groups is 1. The topological polar surface area (TPSA) is 76.9 Å². The molecule has 0 aliphatic rings. The van der Waals surface area contributed by atoms with Gasteiger partial charge in [0.05, 0.1) is 6.33 Å². The summed E-state index contributed by atoms with van der Waals surface area (Å²) in [6.07, 6.45) is 3.38. The molecule has 0 atom stereocenters. The van der Waals surface area contributed by atoms with Crippen molar-refractivity contribution in [2.75, 3.05) is 11.6 Å². The van der Waals surface area contributed by atoms with Crippen LogP contribution in [0.5, 0.6) is 0 Å². The molecule has 1 amide bonds. The van der Waals surface area contributed by atoms with Crippen LogP contribution in [0.15, 0.2) is 64.5 Å². The first-order valence-electron chi connectivity index (χ1n) is 8.91. The third-order valence-electron chi connectivity index (χ3n) is 4.44. The number of rotatable bonds is 5. The molecule has 6 nitrogen and oxygen atoms in total. The molecule has 2 aromatic heterocycles. The minimum absolute atomic E-state index is 0.108. The monoisotopic (exact) mass is 422 g/mol. The number of benzene rings is 2. The number of hydrogen-bond acceptors (Lipinski definition) is 6. The van der Waals surface area contributed by atoms with Crippen LogP contribution in [0.25, 0.3) is 21.5 Å². The number of nitrogens with one attached hydrogen (secondary N) is 1. The van der Waals surface area contributed by atoms with Crippen LogP contribution in [0.1, 0.15) is 5.56 Å². The van der Waals surface area contributed by atoms with Crippen LogP contribution in [0.4, 0.5) is 5.69 Å². The molecule has 0 fully saturated rings. The zero-order chi connectivity index (χ0) is 20.4. The highest BCUT2D eigenvalue weighted by Crippen LogP contribution is 2.27. The highest BCUT2D eigenvalue weighted by Gasteiger charge is 2.15. The lowest BCUT2D eigenvalue weighted by molar-refractivity contribution is -0.116. The zero-order valence-electron chi connectivity index (χ0n) is 15.9. The van der Waals surface area contributed by atoms with Crippen molar-refractivity contribution in [3.05, 3.63) is 70.8 Å². The van der Waals surface area contributed by atoms with Crippen LogP contribution in [0.2, 0.25) is 0 Å². The van der Waals surface area contributed by atoms with Gasteiger partial charge in [-0.2, -0.15) is 4.37 Å². The van der Waals surface area contributed by atoms with Crippen LogP contribution < -0.4 is 10.9 Å². The van der Waals surface area contributed by atoms with Crippen LogP contribution in [-0.2, 0) is 11.3 Å². The average Bonchev–Trinajstić information content (AvgIpc) is 3.15. The Morgan fingerprint density at radius 1 is 1.21 bits per heavy atom. The Kier molecular flexibility index (Phi) is 5.46. The summed E-state index contributed by atoms with van der Waals surface area (Å²) < 4.78 is 6.18. The number of carbonyl (C=O) groups excluding carboxylic acids is 1. The number of amides is 1. The highest BCUT2D eigenvalue weighted by molar-refractivity contribution is 7.98. The standard InChI is InChI=1S/C21H18N4O2S2/c1-13-6-8-14(9-7-13)18-19-20(29-24-18)21(27)25(12-22-19)11-17(26)23-15-4-3-5-16(10-15)28-2/h3-10,12H,11H2,1-2H3,(H,23,26). The van der Waals surface area contributed by atoms with Gasteiger partial charge in [-0.25, -0.2) is 4.98 Å². The van der Waals surface area contributed by atoms with Crippen molar-refractivity contribution in [1.29, 1.82) is 0 Å². The van der Waals surface area contributed by atoms with E-state index >= 15 is 0 Å². The van der Waals surface area contributed by atoms with Crippen molar-refractivity contribution in [3.8, 4) is 11.3 Å². The average molecular weight is 423 g/mol. The summed E-state index contributed by atoms with van der Waals surface area (Å²) in [5, 5.41) is 2.82. The predicted octanol–water partition coefficient (Wildman–Crippen LogP) is 4.19. The van der Waals surface area contributed by atoms with Crippen molar-refractivity contribution < 1.29 is 4.79 Å². The number of nitrogens with zero attached hydrogens (tertiary/aromatic N) is 3. The zero-order valence-corrected chi connectivity index (χ0v) is 17.5. The van der Waals surface area contributed by atoms with E-state index in [2.05, 4.69) is 14.7 Å². The number of anilines is 1. The molecule has 4 rings (SSSR count). The Labute approximate surface area is 175 Å². The van der Waals surface area contributed by atoms with Crippen molar-refractivity contribution in [1.82, 2.24) is 13.9 Å². The lowest BCUT2D eigenvalue weighted by Crippen LogP contribution is -2.27. The molecule has 2 aromatic carbocycles. The third kappa shape index (κ3) is 4.08. The summed E-state index contributed by atoms with van der Waals surface area (Å²) in [5.74, 6) is -0.283. The molecule has 0 saturated heterocycles. The van der Waals surface area contributed by atoms with Crippen molar-refractivity contribution in [3.63, 3.8) is 0 Å². The molecule has 0 unspecified atom stereocenters. The summed E-state index contributed by atoms with van der Waals surface area (Å²) in [5.41, 5.74) is 3.75. The second kappa shape index (κ2) is 8.18. The second-order valence-electron chi connectivity index (χ2n) is 6.53. The molecule has 0 radical (unpaired) electrons. The number of hydrogen-bond donors (Lipinski definition) is 1. The molecule has 0 saturated carbocycles. The fourth-order valence-electron chi connectivity index (χ4n) is 2.93. The summed E-state index contributed by atoms with van der Waals surface area (Å²) in [7, 11) is 0. The largest absolute Gasteiger partial charge is 0.324 e. The van der Waals surface area contributed by atoms with Gasteiger partial charge in [0, 0.05) is 16.1 Å². The Morgan fingerprint density at radius 3 is 2.76 bits per heavy atom. The maximum absolute atomic E-state index is 12.8. The van der Waals surface area contributed by atoms with Crippen molar-refractivity contribution in [2.24, 2.45) is 0 Å². The van der Waals surface area contributed by atoms with Crippen LogP contribution in [0.3, 0.4) is 0 Å². The molecule has 0 spiro atoms. The third-order valence-corrected chi connectivity index (χ3v) is 5.99. The van der Waals surface area contributed by atoms with E-state index in [9.17, 15) is 9.59 Å². The van der Waals surface area contributed by atoms with Crippen LogP contribution in [0, 0.1) is 6.92 Å². The van der Waals surface area contributed by atoms with E-state index in [1.54, 1.807) is 11.8 Å². The maximum Gasteiger partial charge on any atom is 0.273 e. The van der Waals surface area contributed by atoms with Gasteiger partial charge in [-0.1, -0.05) is 35.9 Å². The summed E-state index contributed by atoms with van der Waals surface area (Å²) in [6.45, 7) is 1.91. The van der Waals surface area contributed by atoms with E-state index < -0.39 is 0 Å². The Hall–Kier alpha value is -2.97. The molecular weight excluding hydrogens is 404 g/mol. The number of carbonyl (C=O) groups is 1. The Bertz CT molecular complexity index is 1250. The molecule has 0 aliphatic heterocycles. The van der Waals surface area contributed by atoms with Crippen LogP contribution in [-0.4, -0.2) is 26.1 Å². The molecule has 4 aromatic rings.